The predicted octanol–water partition coefficient (Wildman–Crippen LogP) is 3.58. The van der Waals surface area contributed by atoms with E-state index in [0.717, 1.165) is 17.3 Å². The molecule has 7 heteroatoms. The molecule has 0 atom stereocenters. The summed E-state index contributed by atoms with van der Waals surface area (Å²) in [5.41, 5.74) is 0.524. The maximum absolute atomic E-state index is 12.6. The van der Waals surface area contributed by atoms with Crippen molar-refractivity contribution in [1.29, 1.82) is 0 Å². The zero-order valence-electron chi connectivity index (χ0n) is 12.3. The molecule has 0 N–H and O–H groups in total. The highest BCUT2D eigenvalue weighted by molar-refractivity contribution is 9.10. The first-order valence-corrected chi connectivity index (χ1v) is 8.47. The molecular weight excluding hydrogens is 382 g/mol. The van der Waals surface area contributed by atoms with Crippen LogP contribution in [0.5, 0.6) is 5.88 Å². The number of carbonyl (C=O) groups is 1. The lowest BCUT2D eigenvalue weighted by Gasteiger charge is -2.32. The van der Waals surface area contributed by atoms with Gasteiger partial charge < -0.3 is 9.64 Å². The van der Waals surface area contributed by atoms with Crippen molar-refractivity contribution in [2.24, 2.45) is 0 Å². The van der Waals surface area contributed by atoms with Gasteiger partial charge in [0.25, 0.3) is 5.91 Å². The number of nitrogens with zero attached hydrogens (tertiary/aromatic N) is 3. The lowest BCUT2D eigenvalue weighted by Crippen LogP contribution is -2.42. The Hall–Kier alpha value is -1.66. The minimum absolute atomic E-state index is 0.0446. The maximum atomic E-state index is 12.6. The molecule has 1 aromatic heterocycles. The highest BCUT2D eigenvalue weighted by Crippen LogP contribution is 2.24. The third-order valence-electron chi connectivity index (χ3n) is 3.73. The van der Waals surface area contributed by atoms with Gasteiger partial charge in [0.15, 0.2) is 0 Å². The molecule has 23 heavy (non-hydrogen) atoms. The van der Waals surface area contributed by atoms with E-state index in [0.29, 0.717) is 29.6 Å². The quantitative estimate of drug-likeness (QED) is 0.796. The van der Waals surface area contributed by atoms with Crippen LogP contribution >= 0.6 is 27.5 Å². The van der Waals surface area contributed by atoms with Crippen LogP contribution in [0.25, 0.3) is 0 Å². The molecular formula is C16H15BrClN3O2. The van der Waals surface area contributed by atoms with Crippen molar-refractivity contribution in [1.82, 2.24) is 14.9 Å². The number of halogens is 2. The molecule has 2 heterocycles. The van der Waals surface area contributed by atoms with E-state index in [1.165, 1.54) is 6.33 Å². The SMILES string of the molecule is O=C(c1cc(Br)ccc1Cl)N1CCC(Oc2ccncn2)CC1. The second-order valence-corrected chi connectivity index (χ2v) is 6.60. The van der Waals surface area contributed by atoms with Crippen molar-refractivity contribution < 1.29 is 9.53 Å². The Bertz CT molecular complexity index is 691. The fourth-order valence-electron chi connectivity index (χ4n) is 2.53. The molecule has 1 aromatic carbocycles. The molecule has 1 fully saturated rings. The number of aromatic nitrogens is 2. The van der Waals surface area contributed by atoms with Gasteiger partial charge >= 0.3 is 0 Å². The van der Waals surface area contributed by atoms with Crippen LogP contribution in [-0.2, 0) is 0 Å². The molecule has 0 unspecified atom stereocenters. The van der Waals surface area contributed by atoms with Gasteiger partial charge in [-0.05, 0) is 18.2 Å². The molecule has 120 valence electrons. The highest BCUT2D eigenvalue weighted by Gasteiger charge is 2.26. The van der Waals surface area contributed by atoms with E-state index in [1.54, 1.807) is 24.4 Å². The van der Waals surface area contributed by atoms with E-state index in [9.17, 15) is 4.79 Å². The average Bonchev–Trinajstić information content (AvgIpc) is 2.58. The molecule has 0 bridgehead atoms. The molecule has 0 spiro atoms. The van der Waals surface area contributed by atoms with E-state index < -0.39 is 0 Å². The van der Waals surface area contributed by atoms with Crippen LogP contribution in [0.15, 0.2) is 41.3 Å². The van der Waals surface area contributed by atoms with Gasteiger partial charge in [-0.15, -0.1) is 0 Å². The summed E-state index contributed by atoms with van der Waals surface area (Å²) in [5.74, 6) is 0.525. The number of rotatable bonds is 3. The van der Waals surface area contributed by atoms with Crippen LogP contribution in [0.4, 0.5) is 0 Å². The third kappa shape index (κ3) is 4.00. The average molecular weight is 397 g/mol. The number of amides is 1. The van der Waals surface area contributed by atoms with Gasteiger partial charge in [0.05, 0.1) is 10.6 Å². The van der Waals surface area contributed by atoms with Crippen LogP contribution in [0, 0.1) is 0 Å². The van der Waals surface area contributed by atoms with Gasteiger partial charge in [0.2, 0.25) is 5.88 Å². The highest BCUT2D eigenvalue weighted by atomic mass is 79.9. The van der Waals surface area contributed by atoms with Gasteiger partial charge in [-0.1, -0.05) is 27.5 Å². The van der Waals surface area contributed by atoms with Crippen LogP contribution in [0.3, 0.4) is 0 Å². The lowest BCUT2D eigenvalue weighted by atomic mass is 10.1. The van der Waals surface area contributed by atoms with E-state index >= 15 is 0 Å². The summed E-state index contributed by atoms with van der Waals surface area (Å²) >= 11 is 9.51. The summed E-state index contributed by atoms with van der Waals surface area (Å²) in [4.78, 5) is 22.3. The lowest BCUT2D eigenvalue weighted by molar-refractivity contribution is 0.0588. The second kappa shape index (κ2) is 7.27. The number of carbonyl (C=O) groups excluding carboxylic acids is 1. The summed E-state index contributed by atoms with van der Waals surface area (Å²) < 4.78 is 6.65. The molecule has 2 aromatic rings. The molecule has 1 amide bonds. The van der Waals surface area contributed by atoms with Crippen molar-refractivity contribution in [2.75, 3.05) is 13.1 Å². The first-order chi connectivity index (χ1) is 11.1. The number of hydrogen-bond acceptors (Lipinski definition) is 4. The normalized spacial score (nSPS) is 15.5. The van der Waals surface area contributed by atoms with Crippen LogP contribution in [-0.4, -0.2) is 40.0 Å². The zero-order chi connectivity index (χ0) is 16.2. The summed E-state index contributed by atoms with van der Waals surface area (Å²) in [7, 11) is 0. The molecule has 0 aliphatic carbocycles. The topological polar surface area (TPSA) is 55.3 Å². The van der Waals surface area contributed by atoms with Crippen LogP contribution < -0.4 is 4.74 Å². The number of piperidine rings is 1. The number of hydrogen-bond donors (Lipinski definition) is 0. The van der Waals surface area contributed by atoms with Gasteiger partial charge in [0, 0.05) is 42.7 Å². The van der Waals surface area contributed by atoms with E-state index in [-0.39, 0.29) is 12.0 Å². The van der Waals surface area contributed by atoms with Gasteiger partial charge in [-0.3, -0.25) is 4.79 Å². The molecule has 5 nitrogen and oxygen atoms in total. The van der Waals surface area contributed by atoms with E-state index in [1.807, 2.05) is 11.0 Å². The predicted molar refractivity (Wildman–Crippen MR) is 90.7 cm³/mol. The second-order valence-electron chi connectivity index (χ2n) is 5.28. The maximum Gasteiger partial charge on any atom is 0.255 e. The number of ether oxygens (including phenoxy) is 1. The third-order valence-corrected chi connectivity index (χ3v) is 4.55. The first-order valence-electron chi connectivity index (χ1n) is 7.30. The Morgan fingerprint density at radius 1 is 1.30 bits per heavy atom. The summed E-state index contributed by atoms with van der Waals surface area (Å²) in [6, 6.07) is 7.04. The molecule has 0 saturated carbocycles. The van der Waals surface area contributed by atoms with E-state index in [4.69, 9.17) is 16.3 Å². The Morgan fingerprint density at radius 3 is 2.78 bits per heavy atom. The van der Waals surface area contributed by atoms with Crippen molar-refractivity contribution in [3.63, 3.8) is 0 Å². The van der Waals surface area contributed by atoms with Gasteiger partial charge in [-0.2, -0.15) is 0 Å². The standard InChI is InChI=1S/C16H15BrClN3O2/c17-11-1-2-14(18)13(9-11)16(22)21-7-4-12(5-8-21)23-15-3-6-19-10-20-15/h1-3,6,9-10,12H,4-5,7-8H2. The fourth-order valence-corrected chi connectivity index (χ4v) is 3.09. The molecule has 1 saturated heterocycles. The molecule has 1 aliphatic rings. The largest absolute Gasteiger partial charge is 0.474 e. The minimum atomic E-state index is -0.0446. The number of benzene rings is 1. The van der Waals surface area contributed by atoms with Crippen molar-refractivity contribution in [3.8, 4) is 5.88 Å². The van der Waals surface area contributed by atoms with Crippen LogP contribution in [0.1, 0.15) is 23.2 Å². The molecule has 1 aliphatic heterocycles. The van der Waals surface area contributed by atoms with Crippen molar-refractivity contribution >= 4 is 33.4 Å². The van der Waals surface area contributed by atoms with Crippen molar-refractivity contribution in [2.45, 2.75) is 18.9 Å². The molecule has 0 radical (unpaired) electrons. The van der Waals surface area contributed by atoms with Crippen molar-refractivity contribution in [3.05, 3.63) is 51.8 Å². The summed E-state index contributed by atoms with van der Waals surface area (Å²) in [6.45, 7) is 1.27. The Kier molecular flexibility index (Phi) is 5.13. The smallest absolute Gasteiger partial charge is 0.255 e. The summed E-state index contributed by atoms with van der Waals surface area (Å²) in [6.07, 6.45) is 4.70. The zero-order valence-corrected chi connectivity index (χ0v) is 14.6. The Balaban J connectivity index is 1.60. The van der Waals surface area contributed by atoms with Crippen LogP contribution in [0.2, 0.25) is 5.02 Å². The number of likely N-dealkylation sites (tertiary alicyclic amines) is 1. The fraction of sp³-hybridized carbons (Fsp3) is 0.312. The van der Waals surface area contributed by atoms with E-state index in [2.05, 4.69) is 25.9 Å². The van der Waals surface area contributed by atoms with Gasteiger partial charge in [-0.25, -0.2) is 9.97 Å². The molecule has 3 rings (SSSR count). The monoisotopic (exact) mass is 395 g/mol. The summed E-state index contributed by atoms with van der Waals surface area (Å²) in [5, 5.41) is 0.470. The Labute approximate surface area is 147 Å². The minimum Gasteiger partial charge on any atom is -0.474 e. The van der Waals surface area contributed by atoms with Gasteiger partial charge in [0.1, 0.15) is 12.4 Å². The Morgan fingerprint density at radius 2 is 2.09 bits per heavy atom. The first kappa shape index (κ1) is 16.2.